The number of pyridine rings is 1. The van der Waals surface area contributed by atoms with E-state index in [0.717, 1.165) is 4.88 Å². The van der Waals surface area contributed by atoms with Crippen LogP contribution in [0.15, 0.2) is 35.8 Å². The lowest BCUT2D eigenvalue weighted by Crippen LogP contribution is -2.32. The number of urea groups is 1. The van der Waals surface area contributed by atoms with Crippen LogP contribution < -0.4 is 10.6 Å². The van der Waals surface area contributed by atoms with Gasteiger partial charge in [0.1, 0.15) is 0 Å². The summed E-state index contributed by atoms with van der Waals surface area (Å²) >= 11 is 7.40. The van der Waals surface area contributed by atoms with Crippen LogP contribution in [-0.2, 0) is 0 Å². The summed E-state index contributed by atoms with van der Waals surface area (Å²) in [5.41, 5.74) is 0.445. The average Bonchev–Trinajstić information content (AvgIpc) is 2.95. The lowest BCUT2D eigenvalue weighted by Gasteiger charge is -2.17. The van der Waals surface area contributed by atoms with Crippen LogP contribution in [0.4, 0.5) is 10.5 Å². The summed E-state index contributed by atoms with van der Waals surface area (Å²) in [7, 11) is 0. The molecule has 2 aromatic heterocycles. The van der Waals surface area contributed by atoms with Crippen molar-refractivity contribution in [2.75, 3.05) is 11.9 Å². The predicted octanol–water partition coefficient (Wildman–Crippen LogP) is 3.04. The smallest absolute Gasteiger partial charge is 0.319 e. The molecular weight excluding hydrogens is 298 g/mol. The fourth-order valence-corrected chi connectivity index (χ4v) is 2.68. The topological polar surface area (TPSA) is 74.2 Å². The summed E-state index contributed by atoms with van der Waals surface area (Å²) in [6, 6.07) is 6.57. The molecule has 0 aliphatic carbocycles. The van der Waals surface area contributed by atoms with Crippen molar-refractivity contribution in [2.24, 2.45) is 0 Å². The molecule has 3 N–H and O–H groups in total. The van der Waals surface area contributed by atoms with Crippen molar-refractivity contribution in [3.05, 3.63) is 45.9 Å². The van der Waals surface area contributed by atoms with Gasteiger partial charge in [-0.2, -0.15) is 0 Å². The molecule has 0 aliphatic heterocycles. The Balaban J connectivity index is 2.00. The second kappa shape index (κ2) is 7.23. The standard InChI is InChI=1S/C13H14ClN3O2S/c14-12-10(3-1-6-15-12)17-13(19)16-9(5-7-18)11-4-2-8-20-11/h1-4,6,8-9,18H,5,7H2,(H2,16,17,19)/t9-/m1/s1. The van der Waals surface area contributed by atoms with Gasteiger partial charge in [-0.3, -0.25) is 0 Å². The molecule has 0 aromatic carbocycles. The van der Waals surface area contributed by atoms with E-state index in [4.69, 9.17) is 16.7 Å². The number of aromatic nitrogens is 1. The van der Waals surface area contributed by atoms with E-state index >= 15 is 0 Å². The Morgan fingerprint density at radius 3 is 2.95 bits per heavy atom. The number of aliphatic hydroxyl groups is 1. The molecule has 0 fully saturated rings. The third-order valence-electron chi connectivity index (χ3n) is 2.62. The molecule has 0 spiro atoms. The van der Waals surface area contributed by atoms with Gasteiger partial charge in [0.15, 0.2) is 5.15 Å². The van der Waals surface area contributed by atoms with Crippen LogP contribution in [0, 0.1) is 0 Å². The first kappa shape index (κ1) is 14.8. The first-order valence-electron chi connectivity index (χ1n) is 6.03. The Kier molecular flexibility index (Phi) is 5.34. The molecule has 2 heterocycles. The van der Waals surface area contributed by atoms with Gasteiger partial charge in [0.05, 0.1) is 11.7 Å². The molecule has 0 saturated heterocycles. The van der Waals surface area contributed by atoms with Gasteiger partial charge in [-0.25, -0.2) is 9.78 Å². The predicted molar refractivity (Wildman–Crippen MR) is 80.2 cm³/mol. The van der Waals surface area contributed by atoms with Crippen LogP contribution >= 0.6 is 22.9 Å². The van der Waals surface area contributed by atoms with Crippen LogP contribution in [-0.4, -0.2) is 22.7 Å². The molecule has 0 unspecified atom stereocenters. The maximum Gasteiger partial charge on any atom is 0.319 e. The summed E-state index contributed by atoms with van der Waals surface area (Å²) in [6.45, 7) is -0.00348. The van der Waals surface area contributed by atoms with E-state index in [2.05, 4.69) is 15.6 Å². The molecule has 7 heteroatoms. The highest BCUT2D eigenvalue weighted by Gasteiger charge is 2.15. The quantitative estimate of drug-likeness (QED) is 0.743. The van der Waals surface area contributed by atoms with E-state index in [-0.39, 0.29) is 23.8 Å². The number of thiophene rings is 1. The van der Waals surface area contributed by atoms with E-state index in [9.17, 15) is 4.79 Å². The average molecular weight is 312 g/mol. The second-order valence-electron chi connectivity index (χ2n) is 4.02. The highest BCUT2D eigenvalue weighted by atomic mass is 35.5. The maximum atomic E-state index is 12.0. The molecule has 0 bridgehead atoms. The van der Waals surface area contributed by atoms with Crippen LogP contribution in [0.3, 0.4) is 0 Å². The lowest BCUT2D eigenvalue weighted by atomic mass is 10.2. The highest BCUT2D eigenvalue weighted by molar-refractivity contribution is 7.10. The largest absolute Gasteiger partial charge is 0.396 e. The number of hydrogen-bond donors (Lipinski definition) is 3. The van der Waals surface area contributed by atoms with Gasteiger partial charge in [-0.15, -0.1) is 11.3 Å². The number of aliphatic hydroxyl groups excluding tert-OH is 1. The molecule has 5 nitrogen and oxygen atoms in total. The normalized spacial score (nSPS) is 11.9. The van der Waals surface area contributed by atoms with Gasteiger partial charge in [-0.1, -0.05) is 17.7 Å². The van der Waals surface area contributed by atoms with Gasteiger partial charge in [0.2, 0.25) is 0 Å². The van der Waals surface area contributed by atoms with E-state index in [1.807, 2.05) is 17.5 Å². The molecule has 1 atom stereocenters. The molecule has 2 amide bonds. The number of rotatable bonds is 5. The van der Waals surface area contributed by atoms with Gasteiger partial charge in [-0.05, 0) is 30.0 Å². The molecule has 0 aliphatic rings. The Labute approximate surface area is 125 Å². The molecule has 20 heavy (non-hydrogen) atoms. The van der Waals surface area contributed by atoms with Crippen LogP contribution in [0.2, 0.25) is 5.15 Å². The molecule has 2 rings (SSSR count). The number of amides is 2. The number of anilines is 1. The number of nitrogens with zero attached hydrogens (tertiary/aromatic N) is 1. The van der Waals surface area contributed by atoms with Gasteiger partial charge in [0, 0.05) is 17.7 Å². The van der Waals surface area contributed by atoms with E-state index in [1.165, 1.54) is 11.3 Å². The van der Waals surface area contributed by atoms with Gasteiger partial charge in [0.25, 0.3) is 0 Å². The van der Waals surface area contributed by atoms with Crippen molar-refractivity contribution in [3.8, 4) is 0 Å². The second-order valence-corrected chi connectivity index (χ2v) is 5.36. The van der Waals surface area contributed by atoms with Crippen molar-refractivity contribution >= 4 is 34.7 Å². The minimum Gasteiger partial charge on any atom is -0.396 e. The van der Waals surface area contributed by atoms with Crippen LogP contribution in [0.1, 0.15) is 17.3 Å². The number of hydrogen-bond acceptors (Lipinski definition) is 4. The molecule has 0 saturated carbocycles. The molecule has 106 valence electrons. The minimum atomic E-state index is -0.383. The Hall–Kier alpha value is -1.63. The van der Waals surface area contributed by atoms with Crippen molar-refractivity contribution < 1.29 is 9.90 Å². The number of carbonyl (C=O) groups is 1. The third-order valence-corrected chi connectivity index (χ3v) is 3.90. The third kappa shape index (κ3) is 3.93. The van der Waals surface area contributed by atoms with Crippen LogP contribution in [0.5, 0.6) is 0 Å². The monoisotopic (exact) mass is 311 g/mol. The fourth-order valence-electron chi connectivity index (χ4n) is 1.70. The van der Waals surface area contributed by atoms with Gasteiger partial charge < -0.3 is 15.7 Å². The molecule has 2 aromatic rings. The van der Waals surface area contributed by atoms with Crippen molar-refractivity contribution in [1.82, 2.24) is 10.3 Å². The Bertz CT molecular complexity index is 563. The SMILES string of the molecule is O=C(Nc1cccnc1Cl)N[C@H](CCO)c1cccs1. The van der Waals surface area contributed by atoms with Crippen molar-refractivity contribution in [2.45, 2.75) is 12.5 Å². The fraction of sp³-hybridized carbons (Fsp3) is 0.231. The molecule has 0 radical (unpaired) electrons. The zero-order chi connectivity index (χ0) is 14.4. The zero-order valence-corrected chi connectivity index (χ0v) is 12.1. The molecular formula is C13H14ClN3O2S. The maximum absolute atomic E-state index is 12.0. The summed E-state index contributed by atoms with van der Waals surface area (Å²) in [4.78, 5) is 16.8. The summed E-state index contributed by atoms with van der Waals surface area (Å²) < 4.78 is 0. The van der Waals surface area contributed by atoms with E-state index in [1.54, 1.807) is 18.3 Å². The minimum absolute atomic E-state index is 0.00348. The van der Waals surface area contributed by atoms with Crippen molar-refractivity contribution in [3.63, 3.8) is 0 Å². The summed E-state index contributed by atoms with van der Waals surface area (Å²) in [5.74, 6) is 0. The number of carbonyl (C=O) groups excluding carboxylic acids is 1. The summed E-state index contributed by atoms with van der Waals surface area (Å²) in [5, 5.41) is 16.7. The van der Waals surface area contributed by atoms with E-state index < -0.39 is 0 Å². The zero-order valence-electron chi connectivity index (χ0n) is 10.5. The first-order valence-corrected chi connectivity index (χ1v) is 7.28. The van der Waals surface area contributed by atoms with E-state index in [0.29, 0.717) is 12.1 Å². The Morgan fingerprint density at radius 1 is 1.45 bits per heavy atom. The first-order chi connectivity index (χ1) is 9.70. The van der Waals surface area contributed by atoms with Gasteiger partial charge >= 0.3 is 6.03 Å². The summed E-state index contributed by atoms with van der Waals surface area (Å²) in [6.07, 6.45) is 2.00. The van der Waals surface area contributed by atoms with Crippen molar-refractivity contribution in [1.29, 1.82) is 0 Å². The van der Waals surface area contributed by atoms with Crippen LogP contribution in [0.25, 0.3) is 0 Å². The lowest BCUT2D eigenvalue weighted by molar-refractivity contribution is 0.239. The highest BCUT2D eigenvalue weighted by Crippen LogP contribution is 2.22. The number of nitrogens with one attached hydrogen (secondary N) is 2. The number of halogens is 1. The Morgan fingerprint density at radius 2 is 2.30 bits per heavy atom.